The molecule has 15 nitrogen and oxygen atoms in total. The van der Waals surface area contributed by atoms with Crippen molar-refractivity contribution in [3.8, 4) is 0 Å². The molecule has 0 rings (SSSR count). The summed E-state index contributed by atoms with van der Waals surface area (Å²) in [6, 6.07) is 0. The number of nitrogens with zero attached hydrogens (tertiary/aromatic N) is 2. The Bertz CT molecular complexity index is 659. The Morgan fingerprint density at radius 1 is 0.462 bits per heavy atom. The van der Waals surface area contributed by atoms with Crippen molar-refractivity contribution >= 4 is 35.8 Å². The van der Waals surface area contributed by atoms with E-state index in [-0.39, 0.29) is 0 Å². The van der Waals surface area contributed by atoms with Crippen molar-refractivity contribution in [3.63, 3.8) is 0 Å². The van der Waals surface area contributed by atoms with E-state index in [0.717, 1.165) is 39.3 Å². The zero-order valence-electron chi connectivity index (χ0n) is 22.6. The van der Waals surface area contributed by atoms with E-state index in [1.807, 2.05) is 0 Å². The van der Waals surface area contributed by atoms with Gasteiger partial charge >= 0.3 is 35.8 Å². The molecule has 0 aromatic heterocycles. The Morgan fingerprint density at radius 3 is 0.769 bits per heavy atom. The zero-order chi connectivity index (χ0) is 31.2. The number of aliphatic carboxylic acids is 6. The number of carboxylic acid groups (broad SMARTS) is 6. The lowest BCUT2D eigenvalue weighted by Gasteiger charge is -2.20. The number of carboxylic acids is 6. The minimum atomic E-state index is -1.26. The standard InChI is InChI=1S/C12H29N3.3C4H4O4/c1-5-14(6-2)11-9-13-10-12-15(7-3)8-4;3*5-3(6)1-2-4(7)8/h13H,5-12H2,1-4H3;3*1-2H,(H,5,6)(H,7,8)/b;3*2-1-. The number of hydrogen-bond acceptors (Lipinski definition) is 9. The van der Waals surface area contributed by atoms with Gasteiger partial charge in [0.1, 0.15) is 0 Å². The van der Waals surface area contributed by atoms with Gasteiger partial charge in [-0.25, -0.2) is 28.8 Å². The Balaban J connectivity index is -0.000000221. The summed E-state index contributed by atoms with van der Waals surface area (Å²) in [6.45, 7) is 18.1. The van der Waals surface area contributed by atoms with Crippen LogP contribution in [0.15, 0.2) is 36.5 Å². The van der Waals surface area contributed by atoms with Gasteiger partial charge < -0.3 is 45.8 Å². The van der Waals surface area contributed by atoms with Crippen molar-refractivity contribution in [2.45, 2.75) is 27.7 Å². The molecular formula is C24H41N3O12. The quantitative estimate of drug-likeness (QED) is 0.0992. The van der Waals surface area contributed by atoms with Crippen LogP contribution in [0.3, 0.4) is 0 Å². The van der Waals surface area contributed by atoms with E-state index in [9.17, 15) is 28.8 Å². The van der Waals surface area contributed by atoms with Crippen LogP contribution in [0.1, 0.15) is 27.7 Å². The van der Waals surface area contributed by atoms with Crippen LogP contribution in [0.5, 0.6) is 0 Å². The van der Waals surface area contributed by atoms with Crippen molar-refractivity contribution in [2.75, 3.05) is 52.4 Å². The van der Waals surface area contributed by atoms with Crippen LogP contribution in [0.2, 0.25) is 0 Å². The summed E-state index contributed by atoms with van der Waals surface area (Å²) in [5.74, 6) is -7.54. The summed E-state index contributed by atoms with van der Waals surface area (Å²) >= 11 is 0. The minimum absolute atomic E-state index is 0.558. The van der Waals surface area contributed by atoms with Crippen LogP contribution in [-0.4, -0.2) is 129 Å². The molecule has 0 aromatic rings. The van der Waals surface area contributed by atoms with Gasteiger partial charge in [-0.05, 0) is 26.2 Å². The van der Waals surface area contributed by atoms with Crippen LogP contribution >= 0.6 is 0 Å². The monoisotopic (exact) mass is 563 g/mol. The predicted molar refractivity (Wildman–Crippen MR) is 142 cm³/mol. The van der Waals surface area contributed by atoms with Crippen molar-refractivity contribution in [1.82, 2.24) is 15.1 Å². The van der Waals surface area contributed by atoms with E-state index >= 15 is 0 Å². The highest BCUT2D eigenvalue weighted by Gasteiger charge is 1.99. The summed E-state index contributed by atoms with van der Waals surface area (Å²) in [5.41, 5.74) is 0. The molecule has 0 saturated heterocycles. The molecule has 0 aromatic carbocycles. The molecule has 0 bridgehead atoms. The second kappa shape index (κ2) is 30.1. The van der Waals surface area contributed by atoms with Crippen LogP contribution in [0.4, 0.5) is 0 Å². The van der Waals surface area contributed by atoms with E-state index in [0.29, 0.717) is 36.5 Å². The van der Waals surface area contributed by atoms with Gasteiger partial charge in [-0.2, -0.15) is 0 Å². The smallest absolute Gasteiger partial charge is 0.328 e. The summed E-state index contributed by atoms with van der Waals surface area (Å²) in [5, 5.41) is 50.4. The maximum absolute atomic E-state index is 9.55. The number of carbonyl (C=O) groups is 6. The SMILES string of the molecule is CCN(CC)CCNCCN(CC)CC.O=C(O)/C=C\C(=O)O.O=C(O)/C=C\C(=O)O.O=C(O)/C=C\C(=O)O. The maximum atomic E-state index is 9.55. The zero-order valence-corrected chi connectivity index (χ0v) is 22.6. The molecular weight excluding hydrogens is 522 g/mol. The Hall–Kier alpha value is -4.08. The predicted octanol–water partition coefficient (Wildman–Crippen LogP) is 0.395. The average molecular weight is 564 g/mol. The van der Waals surface area contributed by atoms with Crippen LogP contribution in [0.25, 0.3) is 0 Å². The maximum Gasteiger partial charge on any atom is 0.328 e. The fourth-order valence-corrected chi connectivity index (χ4v) is 2.11. The van der Waals surface area contributed by atoms with Gasteiger partial charge in [-0.15, -0.1) is 0 Å². The second-order valence-electron chi connectivity index (χ2n) is 6.83. The Labute approximate surface area is 227 Å². The second-order valence-corrected chi connectivity index (χ2v) is 6.83. The molecule has 0 unspecified atom stereocenters. The highest BCUT2D eigenvalue weighted by Crippen LogP contribution is 1.86. The topological polar surface area (TPSA) is 242 Å². The van der Waals surface area contributed by atoms with E-state index in [1.54, 1.807) is 0 Å². The molecule has 0 heterocycles. The van der Waals surface area contributed by atoms with Gasteiger partial charge in [0.15, 0.2) is 0 Å². The molecule has 0 saturated carbocycles. The van der Waals surface area contributed by atoms with Crippen LogP contribution < -0.4 is 5.32 Å². The van der Waals surface area contributed by atoms with E-state index in [2.05, 4.69) is 42.8 Å². The largest absolute Gasteiger partial charge is 0.478 e. The lowest BCUT2D eigenvalue weighted by Crippen LogP contribution is -2.36. The molecule has 0 aliphatic carbocycles. The van der Waals surface area contributed by atoms with Crippen LogP contribution in [-0.2, 0) is 28.8 Å². The molecule has 0 atom stereocenters. The lowest BCUT2D eigenvalue weighted by atomic mass is 10.4. The molecule has 0 fully saturated rings. The Morgan fingerprint density at radius 2 is 0.641 bits per heavy atom. The number of hydrogen-bond donors (Lipinski definition) is 7. The van der Waals surface area contributed by atoms with E-state index < -0.39 is 35.8 Å². The van der Waals surface area contributed by atoms with Crippen LogP contribution in [0, 0.1) is 0 Å². The van der Waals surface area contributed by atoms with Gasteiger partial charge in [-0.3, -0.25) is 0 Å². The van der Waals surface area contributed by atoms with Gasteiger partial charge in [0, 0.05) is 62.6 Å². The van der Waals surface area contributed by atoms with Gasteiger partial charge in [0.05, 0.1) is 0 Å². The summed E-state index contributed by atoms with van der Waals surface area (Å²) in [4.78, 5) is 62.2. The average Bonchev–Trinajstić information content (AvgIpc) is 2.86. The molecule has 224 valence electrons. The molecule has 7 N–H and O–H groups in total. The third-order valence-electron chi connectivity index (χ3n) is 4.10. The summed E-state index contributed by atoms with van der Waals surface area (Å²) in [7, 11) is 0. The molecule has 39 heavy (non-hydrogen) atoms. The summed E-state index contributed by atoms with van der Waals surface area (Å²) < 4.78 is 0. The number of rotatable bonds is 16. The third-order valence-corrected chi connectivity index (χ3v) is 4.10. The fourth-order valence-electron chi connectivity index (χ4n) is 2.11. The number of nitrogens with one attached hydrogen (secondary N) is 1. The molecule has 0 radical (unpaired) electrons. The first-order valence-electron chi connectivity index (χ1n) is 11.7. The highest BCUT2D eigenvalue weighted by atomic mass is 16.4. The van der Waals surface area contributed by atoms with Crippen molar-refractivity contribution < 1.29 is 59.4 Å². The molecule has 0 amide bonds. The fraction of sp³-hybridized carbons (Fsp3) is 0.500. The normalized spacial score (nSPS) is 10.3. The molecule has 0 aliphatic rings. The number of likely N-dealkylation sites (N-methyl/N-ethyl adjacent to an activating group) is 2. The van der Waals surface area contributed by atoms with Gasteiger partial charge in [-0.1, -0.05) is 27.7 Å². The minimum Gasteiger partial charge on any atom is -0.478 e. The molecule has 0 aliphatic heterocycles. The third kappa shape index (κ3) is 47.7. The first-order valence-corrected chi connectivity index (χ1v) is 11.7. The molecule has 15 heteroatoms. The highest BCUT2D eigenvalue weighted by molar-refractivity contribution is 5.90. The van der Waals surface area contributed by atoms with Gasteiger partial charge in [0.2, 0.25) is 0 Å². The van der Waals surface area contributed by atoms with Crippen molar-refractivity contribution in [2.24, 2.45) is 0 Å². The van der Waals surface area contributed by atoms with E-state index in [1.165, 1.54) is 13.1 Å². The van der Waals surface area contributed by atoms with Crippen molar-refractivity contribution in [3.05, 3.63) is 36.5 Å². The first-order chi connectivity index (χ1) is 18.2. The van der Waals surface area contributed by atoms with Crippen molar-refractivity contribution in [1.29, 1.82) is 0 Å². The first kappa shape index (κ1) is 42.0. The van der Waals surface area contributed by atoms with E-state index in [4.69, 9.17) is 30.6 Å². The Kier molecular flexibility index (Phi) is 32.5. The lowest BCUT2D eigenvalue weighted by molar-refractivity contribution is -0.134. The summed E-state index contributed by atoms with van der Waals surface area (Å²) in [6.07, 6.45) is 3.35. The molecule has 0 spiro atoms. The van der Waals surface area contributed by atoms with Gasteiger partial charge in [0.25, 0.3) is 0 Å².